The van der Waals surface area contributed by atoms with Crippen LogP contribution in [0.3, 0.4) is 0 Å². The molecule has 1 fully saturated rings. The second kappa shape index (κ2) is 4.34. The van der Waals surface area contributed by atoms with Gasteiger partial charge in [-0.15, -0.1) is 0 Å². The minimum atomic E-state index is 0.191. The molecule has 0 unspecified atom stereocenters. The Bertz CT molecular complexity index is 419. The SMILES string of the molecule is COc1c(C)ccc(C(C)C)c1C1(CN)CC1. The van der Waals surface area contributed by atoms with Crippen molar-refractivity contribution in [1.29, 1.82) is 0 Å². The molecule has 94 valence electrons. The first-order valence-electron chi connectivity index (χ1n) is 6.44. The summed E-state index contributed by atoms with van der Waals surface area (Å²) in [6, 6.07) is 4.40. The van der Waals surface area contributed by atoms with Crippen molar-refractivity contribution < 1.29 is 4.74 Å². The van der Waals surface area contributed by atoms with Gasteiger partial charge in [0.1, 0.15) is 5.75 Å². The van der Waals surface area contributed by atoms with Crippen LogP contribution in [0.15, 0.2) is 12.1 Å². The zero-order valence-corrected chi connectivity index (χ0v) is 11.3. The van der Waals surface area contributed by atoms with Crippen molar-refractivity contribution in [3.05, 3.63) is 28.8 Å². The van der Waals surface area contributed by atoms with Crippen LogP contribution in [0, 0.1) is 6.92 Å². The predicted octanol–water partition coefficient (Wildman–Crippen LogP) is 3.12. The summed E-state index contributed by atoms with van der Waals surface area (Å²) in [6.45, 7) is 7.31. The molecular formula is C15H23NO. The molecule has 0 atom stereocenters. The number of nitrogens with two attached hydrogens (primary N) is 1. The fourth-order valence-corrected chi connectivity index (χ4v) is 2.70. The van der Waals surface area contributed by atoms with Crippen molar-refractivity contribution in [3.8, 4) is 5.75 Å². The molecule has 2 nitrogen and oxygen atoms in total. The smallest absolute Gasteiger partial charge is 0.125 e. The van der Waals surface area contributed by atoms with Gasteiger partial charge in [0.2, 0.25) is 0 Å². The standard InChI is InChI=1S/C15H23NO/c1-10(2)12-6-5-11(3)14(17-4)13(12)15(9-16)7-8-15/h5-6,10H,7-9,16H2,1-4H3. The lowest BCUT2D eigenvalue weighted by Gasteiger charge is -2.24. The molecule has 2 rings (SSSR count). The van der Waals surface area contributed by atoms with E-state index < -0.39 is 0 Å². The number of rotatable bonds is 4. The minimum absolute atomic E-state index is 0.191. The van der Waals surface area contributed by atoms with Crippen LogP contribution in [0.4, 0.5) is 0 Å². The third kappa shape index (κ3) is 1.95. The maximum absolute atomic E-state index is 5.99. The summed E-state index contributed by atoms with van der Waals surface area (Å²) in [5.41, 5.74) is 10.2. The molecule has 0 saturated heterocycles. The van der Waals surface area contributed by atoms with E-state index >= 15 is 0 Å². The van der Waals surface area contributed by atoms with E-state index in [1.165, 1.54) is 29.5 Å². The fourth-order valence-electron chi connectivity index (χ4n) is 2.70. The Morgan fingerprint density at radius 1 is 1.35 bits per heavy atom. The predicted molar refractivity (Wildman–Crippen MR) is 71.8 cm³/mol. The van der Waals surface area contributed by atoms with Crippen molar-refractivity contribution in [2.24, 2.45) is 5.73 Å². The Morgan fingerprint density at radius 3 is 2.41 bits per heavy atom. The van der Waals surface area contributed by atoms with Crippen LogP contribution >= 0.6 is 0 Å². The highest BCUT2D eigenvalue weighted by molar-refractivity contribution is 5.54. The Labute approximate surface area is 104 Å². The van der Waals surface area contributed by atoms with E-state index in [1.807, 2.05) is 0 Å². The molecule has 1 aliphatic carbocycles. The number of hydrogen-bond acceptors (Lipinski definition) is 2. The topological polar surface area (TPSA) is 35.2 Å². The lowest BCUT2D eigenvalue weighted by molar-refractivity contribution is 0.399. The second-order valence-electron chi connectivity index (χ2n) is 5.52. The van der Waals surface area contributed by atoms with E-state index in [0.717, 1.165) is 12.3 Å². The van der Waals surface area contributed by atoms with Crippen molar-refractivity contribution in [1.82, 2.24) is 0 Å². The van der Waals surface area contributed by atoms with Crippen LogP contribution in [-0.2, 0) is 5.41 Å². The molecule has 0 heterocycles. The van der Waals surface area contributed by atoms with Crippen LogP contribution in [0.2, 0.25) is 0 Å². The molecule has 0 aromatic heterocycles. The Hall–Kier alpha value is -1.02. The van der Waals surface area contributed by atoms with E-state index in [9.17, 15) is 0 Å². The van der Waals surface area contributed by atoms with Gasteiger partial charge in [-0.05, 0) is 36.8 Å². The lowest BCUT2D eigenvalue weighted by Crippen LogP contribution is -2.23. The highest BCUT2D eigenvalue weighted by Gasteiger charge is 2.46. The number of methoxy groups -OCH3 is 1. The first kappa shape index (κ1) is 12.4. The van der Waals surface area contributed by atoms with E-state index in [0.29, 0.717) is 5.92 Å². The zero-order valence-electron chi connectivity index (χ0n) is 11.3. The Morgan fingerprint density at radius 2 is 2.00 bits per heavy atom. The molecule has 17 heavy (non-hydrogen) atoms. The van der Waals surface area contributed by atoms with E-state index in [1.54, 1.807) is 7.11 Å². The van der Waals surface area contributed by atoms with Crippen LogP contribution in [0.5, 0.6) is 5.75 Å². The van der Waals surface area contributed by atoms with Gasteiger partial charge in [0.25, 0.3) is 0 Å². The average molecular weight is 233 g/mol. The summed E-state index contributed by atoms with van der Waals surface area (Å²) in [4.78, 5) is 0. The highest BCUT2D eigenvalue weighted by Crippen LogP contribution is 2.53. The number of aryl methyl sites for hydroxylation is 1. The third-order valence-electron chi connectivity index (χ3n) is 3.99. The molecule has 1 saturated carbocycles. The van der Waals surface area contributed by atoms with Crippen molar-refractivity contribution in [3.63, 3.8) is 0 Å². The van der Waals surface area contributed by atoms with Crippen LogP contribution < -0.4 is 10.5 Å². The fraction of sp³-hybridized carbons (Fsp3) is 0.600. The van der Waals surface area contributed by atoms with E-state index in [4.69, 9.17) is 10.5 Å². The minimum Gasteiger partial charge on any atom is -0.496 e. The van der Waals surface area contributed by atoms with Crippen LogP contribution in [0.1, 0.15) is 49.3 Å². The zero-order chi connectivity index (χ0) is 12.6. The summed E-state index contributed by atoms with van der Waals surface area (Å²) in [5.74, 6) is 1.57. The summed E-state index contributed by atoms with van der Waals surface area (Å²) in [5, 5.41) is 0. The van der Waals surface area contributed by atoms with E-state index in [2.05, 4.69) is 32.9 Å². The quantitative estimate of drug-likeness (QED) is 0.867. The molecule has 1 aromatic rings. The molecule has 0 bridgehead atoms. The molecule has 0 spiro atoms. The monoisotopic (exact) mass is 233 g/mol. The van der Waals surface area contributed by atoms with Crippen molar-refractivity contribution in [2.75, 3.05) is 13.7 Å². The van der Waals surface area contributed by atoms with Gasteiger partial charge in [-0.1, -0.05) is 26.0 Å². The Balaban J connectivity index is 2.63. The molecule has 0 radical (unpaired) electrons. The molecule has 1 aromatic carbocycles. The highest BCUT2D eigenvalue weighted by atomic mass is 16.5. The van der Waals surface area contributed by atoms with Gasteiger partial charge in [0, 0.05) is 17.5 Å². The number of hydrogen-bond donors (Lipinski definition) is 1. The van der Waals surface area contributed by atoms with Gasteiger partial charge >= 0.3 is 0 Å². The average Bonchev–Trinajstić information content (AvgIpc) is 3.08. The van der Waals surface area contributed by atoms with Crippen molar-refractivity contribution in [2.45, 2.75) is 44.9 Å². The van der Waals surface area contributed by atoms with Gasteiger partial charge in [-0.3, -0.25) is 0 Å². The van der Waals surface area contributed by atoms with Crippen LogP contribution in [0.25, 0.3) is 0 Å². The van der Waals surface area contributed by atoms with Crippen LogP contribution in [-0.4, -0.2) is 13.7 Å². The molecule has 0 aliphatic heterocycles. The van der Waals surface area contributed by atoms with Gasteiger partial charge in [0.15, 0.2) is 0 Å². The van der Waals surface area contributed by atoms with Crippen molar-refractivity contribution >= 4 is 0 Å². The third-order valence-corrected chi connectivity index (χ3v) is 3.99. The van der Waals surface area contributed by atoms with Gasteiger partial charge in [-0.2, -0.15) is 0 Å². The maximum atomic E-state index is 5.99. The Kier molecular flexibility index (Phi) is 3.17. The molecule has 0 amide bonds. The molecule has 2 heteroatoms. The molecular weight excluding hydrogens is 210 g/mol. The maximum Gasteiger partial charge on any atom is 0.125 e. The summed E-state index contributed by atoms with van der Waals surface area (Å²) < 4.78 is 5.64. The molecule has 1 aliphatic rings. The summed E-state index contributed by atoms with van der Waals surface area (Å²) in [7, 11) is 1.77. The van der Waals surface area contributed by atoms with Gasteiger partial charge < -0.3 is 10.5 Å². The lowest BCUT2D eigenvalue weighted by atomic mass is 9.84. The largest absolute Gasteiger partial charge is 0.496 e. The van der Waals surface area contributed by atoms with Gasteiger partial charge in [0.05, 0.1) is 7.11 Å². The molecule has 2 N–H and O–H groups in total. The number of ether oxygens (including phenoxy) is 1. The second-order valence-corrected chi connectivity index (χ2v) is 5.52. The first-order valence-corrected chi connectivity index (χ1v) is 6.44. The number of benzene rings is 1. The first-order chi connectivity index (χ1) is 8.05. The summed E-state index contributed by atoms with van der Waals surface area (Å²) >= 11 is 0. The summed E-state index contributed by atoms with van der Waals surface area (Å²) in [6.07, 6.45) is 2.39. The van der Waals surface area contributed by atoms with Gasteiger partial charge in [-0.25, -0.2) is 0 Å². The van der Waals surface area contributed by atoms with E-state index in [-0.39, 0.29) is 5.41 Å². The normalized spacial score (nSPS) is 17.3.